The Morgan fingerprint density at radius 1 is 1.25 bits per heavy atom. The van der Waals surface area contributed by atoms with Crippen molar-refractivity contribution >= 4 is 35.5 Å². The van der Waals surface area contributed by atoms with Gasteiger partial charge in [-0.15, -0.1) is 0 Å². The fourth-order valence-electron chi connectivity index (χ4n) is 3.14. The van der Waals surface area contributed by atoms with Crippen LogP contribution in [0.3, 0.4) is 0 Å². The first-order valence-electron chi connectivity index (χ1n) is 9.06. The number of hydrogen-bond acceptors (Lipinski definition) is 4. The van der Waals surface area contributed by atoms with Gasteiger partial charge in [-0.25, -0.2) is 4.98 Å². The average molecular weight is 427 g/mol. The maximum Gasteiger partial charge on any atom is 0.360 e. The van der Waals surface area contributed by atoms with Gasteiger partial charge in [0, 0.05) is 24.6 Å². The predicted molar refractivity (Wildman–Crippen MR) is 109 cm³/mol. The van der Waals surface area contributed by atoms with Gasteiger partial charge < -0.3 is 23.9 Å². The second-order valence-corrected chi connectivity index (χ2v) is 9.54. The van der Waals surface area contributed by atoms with Crippen molar-refractivity contribution in [1.29, 1.82) is 0 Å². The molecule has 3 rings (SSSR count). The highest BCUT2D eigenvalue weighted by Crippen LogP contribution is 2.40. The van der Waals surface area contributed by atoms with E-state index in [4.69, 9.17) is 16.0 Å². The largest absolute Gasteiger partial charge is 0.457 e. The fraction of sp³-hybridized carbons (Fsp3) is 0.421. The summed E-state index contributed by atoms with van der Waals surface area (Å²) in [6, 6.07) is 6.65. The first-order valence-corrected chi connectivity index (χ1v) is 11.0. The van der Waals surface area contributed by atoms with Crippen molar-refractivity contribution in [3.05, 3.63) is 35.0 Å². The Morgan fingerprint density at radius 2 is 1.96 bits per heavy atom. The first-order chi connectivity index (χ1) is 13.1. The van der Waals surface area contributed by atoms with Crippen LogP contribution in [0, 0.1) is 11.8 Å². The molecule has 0 fully saturated rings. The van der Waals surface area contributed by atoms with Gasteiger partial charge in [0.05, 0.1) is 11.0 Å². The van der Waals surface area contributed by atoms with E-state index in [-0.39, 0.29) is 29.5 Å². The van der Waals surface area contributed by atoms with Gasteiger partial charge >= 0.3 is 7.60 Å². The van der Waals surface area contributed by atoms with Crippen molar-refractivity contribution in [2.45, 2.75) is 33.7 Å². The molecular formula is C19H24ClN2O5P. The molecule has 0 bridgehead atoms. The number of rotatable bonds is 7. The number of aromatic nitrogens is 2. The number of aliphatic hydroxyl groups is 1. The molecule has 0 aliphatic rings. The summed E-state index contributed by atoms with van der Waals surface area (Å²) in [4.78, 5) is 24.3. The van der Waals surface area contributed by atoms with Gasteiger partial charge in [0.2, 0.25) is 0 Å². The lowest BCUT2D eigenvalue weighted by Crippen LogP contribution is -2.10. The van der Waals surface area contributed by atoms with Crippen LogP contribution in [-0.2, 0) is 17.5 Å². The van der Waals surface area contributed by atoms with Gasteiger partial charge in [0.1, 0.15) is 11.1 Å². The van der Waals surface area contributed by atoms with E-state index in [1.165, 1.54) is 6.07 Å². The van der Waals surface area contributed by atoms with E-state index in [1.807, 2.05) is 25.3 Å². The summed E-state index contributed by atoms with van der Waals surface area (Å²) in [5.41, 5.74) is 1.44. The number of aliphatic hydroxyl groups excluding tert-OH is 1. The van der Waals surface area contributed by atoms with Gasteiger partial charge in [0.15, 0.2) is 11.6 Å². The lowest BCUT2D eigenvalue weighted by molar-refractivity contribution is 0.231. The molecule has 9 heteroatoms. The third kappa shape index (κ3) is 4.34. The van der Waals surface area contributed by atoms with Crippen molar-refractivity contribution in [3.8, 4) is 11.6 Å². The zero-order valence-electron chi connectivity index (χ0n) is 16.0. The molecule has 1 aromatic carbocycles. The Hall–Kier alpha value is -1.63. The highest BCUT2D eigenvalue weighted by molar-refractivity contribution is 7.60. The van der Waals surface area contributed by atoms with Crippen LogP contribution in [0.5, 0.6) is 0 Å². The quantitative estimate of drug-likeness (QED) is 0.498. The molecule has 152 valence electrons. The van der Waals surface area contributed by atoms with E-state index in [0.717, 1.165) is 5.52 Å². The topological polar surface area (TPSA) is 109 Å². The van der Waals surface area contributed by atoms with E-state index < -0.39 is 7.60 Å². The Morgan fingerprint density at radius 3 is 2.57 bits per heavy atom. The van der Waals surface area contributed by atoms with Gasteiger partial charge in [-0.3, -0.25) is 4.57 Å². The highest BCUT2D eigenvalue weighted by atomic mass is 35.5. The van der Waals surface area contributed by atoms with Crippen molar-refractivity contribution in [1.82, 2.24) is 9.55 Å². The summed E-state index contributed by atoms with van der Waals surface area (Å²) >= 11 is 6.15. The number of benzene rings is 1. The van der Waals surface area contributed by atoms with E-state index >= 15 is 0 Å². The van der Waals surface area contributed by atoms with E-state index in [2.05, 4.69) is 4.98 Å². The molecule has 2 heterocycles. The fourth-order valence-corrected chi connectivity index (χ4v) is 4.02. The van der Waals surface area contributed by atoms with Gasteiger partial charge in [0.25, 0.3) is 0 Å². The monoisotopic (exact) mass is 426 g/mol. The molecule has 2 aromatic heterocycles. The second-order valence-electron chi connectivity index (χ2n) is 7.54. The lowest BCUT2D eigenvalue weighted by Gasteiger charge is -2.12. The summed E-state index contributed by atoms with van der Waals surface area (Å²) < 4.78 is 19.9. The highest BCUT2D eigenvalue weighted by Gasteiger charge is 2.31. The zero-order valence-corrected chi connectivity index (χ0v) is 17.6. The van der Waals surface area contributed by atoms with Gasteiger partial charge in [-0.2, -0.15) is 0 Å². The smallest absolute Gasteiger partial charge is 0.360 e. The van der Waals surface area contributed by atoms with E-state index in [9.17, 15) is 19.5 Å². The van der Waals surface area contributed by atoms with Crippen LogP contribution < -0.4 is 5.30 Å². The average Bonchev–Trinajstić information content (AvgIpc) is 3.16. The Balaban J connectivity index is 2.24. The van der Waals surface area contributed by atoms with Crippen LogP contribution in [0.1, 0.15) is 26.5 Å². The molecular weight excluding hydrogens is 403 g/mol. The van der Waals surface area contributed by atoms with Crippen molar-refractivity contribution < 1.29 is 23.9 Å². The molecule has 0 saturated heterocycles. The van der Waals surface area contributed by atoms with E-state index in [0.29, 0.717) is 35.1 Å². The third-order valence-corrected chi connectivity index (χ3v) is 5.59. The Bertz CT molecular complexity index is 1040. The minimum absolute atomic E-state index is 0.0500. The SMILES string of the molecule is CC(C)Cn1c(-c2oc(CC(C)CO)cc2P(=O)(O)O)nc2ccc(Cl)cc21. The second kappa shape index (κ2) is 8.01. The summed E-state index contributed by atoms with van der Waals surface area (Å²) in [5.74, 6) is 0.971. The number of nitrogens with zero attached hydrogens (tertiary/aromatic N) is 2. The number of imidazole rings is 1. The van der Waals surface area contributed by atoms with Crippen molar-refractivity contribution in [2.24, 2.45) is 11.8 Å². The Kier molecular flexibility index (Phi) is 6.03. The molecule has 0 saturated carbocycles. The molecule has 3 aromatic rings. The van der Waals surface area contributed by atoms with Gasteiger partial charge in [-0.1, -0.05) is 32.4 Å². The molecule has 1 unspecified atom stereocenters. The minimum atomic E-state index is -4.59. The normalized spacial score (nSPS) is 13.6. The summed E-state index contributed by atoms with van der Waals surface area (Å²) in [5, 5.41) is 9.65. The standard InChI is InChI=1S/C19H24ClN2O5P/c1-11(2)9-22-16-7-13(20)4-5-15(16)21-19(22)18-17(28(24,25)26)8-14(27-18)6-12(3)10-23/h4-5,7-8,11-12,23H,6,9-10H2,1-3H3,(H2,24,25,26). The van der Waals surface area contributed by atoms with Gasteiger partial charge in [-0.05, 0) is 36.1 Å². The predicted octanol–water partition coefficient (Wildman–Crippen LogP) is 3.58. The third-order valence-electron chi connectivity index (χ3n) is 4.40. The van der Waals surface area contributed by atoms with E-state index in [1.54, 1.807) is 18.2 Å². The maximum absolute atomic E-state index is 12.1. The Labute approximate surface area is 168 Å². The number of furan rings is 1. The van der Waals surface area contributed by atoms with Crippen LogP contribution >= 0.6 is 19.2 Å². The zero-order chi connectivity index (χ0) is 20.6. The number of halogens is 1. The molecule has 0 aliphatic heterocycles. The lowest BCUT2D eigenvalue weighted by atomic mass is 10.1. The molecule has 0 aliphatic carbocycles. The van der Waals surface area contributed by atoms with Crippen LogP contribution in [0.25, 0.3) is 22.6 Å². The minimum Gasteiger partial charge on any atom is -0.457 e. The molecule has 1 atom stereocenters. The number of fused-ring (bicyclic) bond motifs is 1. The number of hydrogen-bond donors (Lipinski definition) is 3. The first kappa shape index (κ1) is 21.1. The summed E-state index contributed by atoms with van der Waals surface area (Å²) in [6.45, 7) is 6.44. The summed E-state index contributed by atoms with van der Waals surface area (Å²) in [7, 11) is -4.59. The van der Waals surface area contributed by atoms with Crippen LogP contribution in [0.2, 0.25) is 5.02 Å². The molecule has 7 nitrogen and oxygen atoms in total. The van der Waals surface area contributed by atoms with Crippen LogP contribution in [0.15, 0.2) is 28.7 Å². The van der Waals surface area contributed by atoms with Crippen LogP contribution in [-0.4, -0.2) is 31.1 Å². The van der Waals surface area contributed by atoms with Crippen LogP contribution in [0.4, 0.5) is 0 Å². The molecule has 0 spiro atoms. The summed E-state index contributed by atoms with van der Waals surface area (Å²) in [6.07, 6.45) is 0.361. The maximum atomic E-state index is 12.1. The molecule has 0 radical (unpaired) electrons. The van der Waals surface area contributed by atoms with Crippen molar-refractivity contribution in [3.63, 3.8) is 0 Å². The molecule has 3 N–H and O–H groups in total. The molecule has 0 amide bonds. The van der Waals surface area contributed by atoms with Crippen molar-refractivity contribution in [2.75, 3.05) is 6.61 Å². The molecule has 28 heavy (non-hydrogen) atoms.